The Bertz CT molecular complexity index is 686. The standard InChI is InChI=1S/C17H18N2O4/c1-2-23-15-10-12(8-9-14(15)20)11-18-19-17(22)16(21)13-6-4-3-5-7-13/h3-11,16,20-21H,2H2,1H3,(H,19,22). The van der Waals surface area contributed by atoms with Crippen LogP contribution >= 0.6 is 0 Å². The fraction of sp³-hybridized carbons (Fsp3) is 0.176. The van der Waals surface area contributed by atoms with E-state index in [1.54, 1.807) is 42.5 Å². The summed E-state index contributed by atoms with van der Waals surface area (Å²) in [6.07, 6.45) is 0.115. The van der Waals surface area contributed by atoms with Crippen molar-refractivity contribution in [1.29, 1.82) is 0 Å². The van der Waals surface area contributed by atoms with Gasteiger partial charge in [0.1, 0.15) is 0 Å². The number of carbonyl (C=O) groups excluding carboxylic acids is 1. The first kappa shape index (κ1) is 16.5. The summed E-state index contributed by atoms with van der Waals surface area (Å²) >= 11 is 0. The SMILES string of the molecule is CCOc1cc(C=NNC(=O)C(O)c2ccccc2)ccc1O. The maximum Gasteiger partial charge on any atom is 0.273 e. The molecule has 0 bridgehead atoms. The average Bonchev–Trinajstić information content (AvgIpc) is 2.58. The fourth-order valence-corrected chi connectivity index (χ4v) is 1.90. The molecule has 0 aliphatic carbocycles. The highest BCUT2D eigenvalue weighted by Crippen LogP contribution is 2.26. The molecule has 0 spiro atoms. The van der Waals surface area contributed by atoms with Gasteiger partial charge in [0.2, 0.25) is 0 Å². The van der Waals surface area contributed by atoms with Gasteiger partial charge in [0, 0.05) is 0 Å². The molecule has 0 aromatic heterocycles. The van der Waals surface area contributed by atoms with Gasteiger partial charge in [-0.05, 0) is 36.2 Å². The van der Waals surface area contributed by atoms with Crippen LogP contribution in [0.5, 0.6) is 11.5 Å². The van der Waals surface area contributed by atoms with Crippen molar-refractivity contribution >= 4 is 12.1 Å². The number of ether oxygens (including phenoxy) is 1. The van der Waals surface area contributed by atoms with Crippen molar-refractivity contribution in [3.63, 3.8) is 0 Å². The highest BCUT2D eigenvalue weighted by molar-refractivity contribution is 5.85. The summed E-state index contributed by atoms with van der Waals surface area (Å²) in [6.45, 7) is 2.24. The minimum Gasteiger partial charge on any atom is -0.504 e. The van der Waals surface area contributed by atoms with E-state index in [1.807, 2.05) is 6.92 Å². The van der Waals surface area contributed by atoms with Crippen LogP contribution in [0.3, 0.4) is 0 Å². The minimum atomic E-state index is -1.29. The summed E-state index contributed by atoms with van der Waals surface area (Å²) in [4.78, 5) is 11.8. The molecule has 0 fully saturated rings. The molecule has 120 valence electrons. The van der Waals surface area contributed by atoms with Crippen LogP contribution in [0.1, 0.15) is 24.2 Å². The maximum absolute atomic E-state index is 11.8. The zero-order valence-electron chi connectivity index (χ0n) is 12.6. The summed E-state index contributed by atoms with van der Waals surface area (Å²) in [5.74, 6) is -0.254. The van der Waals surface area contributed by atoms with E-state index in [9.17, 15) is 15.0 Å². The molecule has 3 N–H and O–H groups in total. The number of rotatable bonds is 6. The fourth-order valence-electron chi connectivity index (χ4n) is 1.90. The summed E-state index contributed by atoms with van der Waals surface area (Å²) in [5.41, 5.74) is 3.40. The Morgan fingerprint density at radius 3 is 2.74 bits per heavy atom. The Morgan fingerprint density at radius 1 is 1.30 bits per heavy atom. The lowest BCUT2D eigenvalue weighted by Crippen LogP contribution is -2.25. The Balaban J connectivity index is 1.98. The molecule has 2 aromatic rings. The van der Waals surface area contributed by atoms with Crippen LogP contribution in [0, 0.1) is 0 Å². The number of phenolic OH excluding ortho intramolecular Hbond substituents is 1. The second kappa shape index (κ2) is 7.95. The van der Waals surface area contributed by atoms with Crippen LogP contribution < -0.4 is 10.2 Å². The van der Waals surface area contributed by atoms with Gasteiger partial charge in [0.05, 0.1) is 12.8 Å². The quantitative estimate of drug-likeness (QED) is 0.561. The molecule has 1 amide bonds. The van der Waals surface area contributed by atoms with Crippen LogP contribution in [-0.2, 0) is 4.79 Å². The van der Waals surface area contributed by atoms with Crippen molar-refractivity contribution in [1.82, 2.24) is 5.43 Å². The van der Waals surface area contributed by atoms with Crippen molar-refractivity contribution in [2.75, 3.05) is 6.61 Å². The normalized spacial score (nSPS) is 12.1. The third kappa shape index (κ3) is 4.55. The number of hydrazone groups is 1. The second-order valence-corrected chi connectivity index (χ2v) is 4.71. The molecule has 0 heterocycles. The first-order chi connectivity index (χ1) is 11.1. The molecule has 23 heavy (non-hydrogen) atoms. The first-order valence-corrected chi connectivity index (χ1v) is 7.13. The van der Waals surface area contributed by atoms with Gasteiger partial charge in [-0.1, -0.05) is 30.3 Å². The van der Waals surface area contributed by atoms with E-state index in [0.29, 0.717) is 23.5 Å². The third-order valence-corrected chi connectivity index (χ3v) is 3.04. The Morgan fingerprint density at radius 2 is 2.04 bits per heavy atom. The van der Waals surface area contributed by atoms with E-state index in [4.69, 9.17) is 4.74 Å². The van der Waals surface area contributed by atoms with Crippen molar-refractivity contribution in [2.45, 2.75) is 13.0 Å². The molecule has 2 rings (SSSR count). The van der Waals surface area contributed by atoms with Crippen molar-refractivity contribution in [3.8, 4) is 11.5 Å². The van der Waals surface area contributed by atoms with E-state index in [0.717, 1.165) is 0 Å². The number of aliphatic hydroxyl groups excluding tert-OH is 1. The van der Waals surface area contributed by atoms with Gasteiger partial charge in [-0.2, -0.15) is 5.10 Å². The number of aliphatic hydroxyl groups is 1. The van der Waals surface area contributed by atoms with E-state index >= 15 is 0 Å². The number of benzene rings is 2. The molecule has 2 aromatic carbocycles. The van der Waals surface area contributed by atoms with Gasteiger partial charge < -0.3 is 14.9 Å². The lowest BCUT2D eigenvalue weighted by molar-refractivity contribution is -0.129. The first-order valence-electron chi connectivity index (χ1n) is 7.13. The maximum atomic E-state index is 11.8. The van der Waals surface area contributed by atoms with Crippen LogP contribution in [0.15, 0.2) is 53.6 Å². The van der Waals surface area contributed by atoms with E-state index in [2.05, 4.69) is 10.5 Å². The number of hydrogen-bond acceptors (Lipinski definition) is 5. The zero-order valence-corrected chi connectivity index (χ0v) is 12.6. The molecular weight excluding hydrogens is 296 g/mol. The molecule has 0 aliphatic heterocycles. The predicted octanol–water partition coefficient (Wildman–Crippen LogP) is 1.97. The minimum absolute atomic E-state index is 0.0348. The number of aromatic hydroxyl groups is 1. The highest BCUT2D eigenvalue weighted by Gasteiger charge is 2.15. The summed E-state index contributed by atoms with van der Waals surface area (Å²) < 4.78 is 5.26. The largest absolute Gasteiger partial charge is 0.504 e. The van der Waals surface area contributed by atoms with Gasteiger partial charge in [-0.3, -0.25) is 4.79 Å². The second-order valence-electron chi connectivity index (χ2n) is 4.71. The number of amides is 1. The summed E-state index contributed by atoms with van der Waals surface area (Å²) in [5, 5.41) is 23.3. The van der Waals surface area contributed by atoms with Gasteiger partial charge in [-0.15, -0.1) is 0 Å². The topological polar surface area (TPSA) is 91.2 Å². The molecular formula is C17H18N2O4. The summed E-state index contributed by atoms with van der Waals surface area (Å²) in [6, 6.07) is 13.3. The van der Waals surface area contributed by atoms with Gasteiger partial charge in [0.15, 0.2) is 17.6 Å². The third-order valence-electron chi connectivity index (χ3n) is 3.04. The predicted molar refractivity (Wildman–Crippen MR) is 86.4 cm³/mol. The smallest absolute Gasteiger partial charge is 0.273 e. The number of hydrogen-bond donors (Lipinski definition) is 3. The Hall–Kier alpha value is -2.86. The molecule has 6 nitrogen and oxygen atoms in total. The van der Waals surface area contributed by atoms with Crippen LogP contribution in [0.2, 0.25) is 0 Å². The zero-order chi connectivity index (χ0) is 16.7. The van der Waals surface area contributed by atoms with Crippen molar-refractivity contribution in [2.24, 2.45) is 5.10 Å². The van der Waals surface area contributed by atoms with E-state index in [1.165, 1.54) is 12.3 Å². The summed E-state index contributed by atoms with van der Waals surface area (Å²) in [7, 11) is 0. The number of phenols is 1. The lowest BCUT2D eigenvalue weighted by atomic mass is 10.1. The molecule has 6 heteroatoms. The van der Waals surface area contributed by atoms with Crippen molar-refractivity contribution < 1.29 is 19.7 Å². The van der Waals surface area contributed by atoms with E-state index in [-0.39, 0.29) is 5.75 Å². The molecule has 0 saturated heterocycles. The van der Waals surface area contributed by atoms with Gasteiger partial charge >= 0.3 is 0 Å². The number of nitrogens with zero attached hydrogens (tertiary/aromatic N) is 1. The van der Waals surface area contributed by atoms with Crippen LogP contribution in [0.25, 0.3) is 0 Å². The number of nitrogens with one attached hydrogen (secondary N) is 1. The number of carbonyl (C=O) groups is 1. The van der Waals surface area contributed by atoms with E-state index < -0.39 is 12.0 Å². The monoisotopic (exact) mass is 314 g/mol. The Labute approximate surface area is 134 Å². The van der Waals surface area contributed by atoms with Gasteiger partial charge in [-0.25, -0.2) is 5.43 Å². The van der Waals surface area contributed by atoms with Crippen LogP contribution in [-0.4, -0.2) is 28.9 Å². The molecule has 1 unspecified atom stereocenters. The van der Waals surface area contributed by atoms with Crippen LogP contribution in [0.4, 0.5) is 0 Å². The molecule has 0 saturated carbocycles. The average molecular weight is 314 g/mol. The van der Waals surface area contributed by atoms with Crippen molar-refractivity contribution in [3.05, 3.63) is 59.7 Å². The molecule has 0 radical (unpaired) electrons. The van der Waals surface area contributed by atoms with Gasteiger partial charge in [0.25, 0.3) is 5.91 Å². The molecule has 1 atom stereocenters. The Kier molecular flexibility index (Phi) is 5.71. The highest BCUT2D eigenvalue weighted by atomic mass is 16.5. The lowest BCUT2D eigenvalue weighted by Gasteiger charge is -2.08. The molecule has 0 aliphatic rings.